The predicted octanol–water partition coefficient (Wildman–Crippen LogP) is 1.94. The van der Waals surface area contributed by atoms with E-state index in [0.717, 1.165) is 24.6 Å². The van der Waals surface area contributed by atoms with Crippen LogP contribution in [0.2, 0.25) is 0 Å². The van der Waals surface area contributed by atoms with E-state index < -0.39 is 0 Å². The minimum atomic E-state index is 0.842. The van der Waals surface area contributed by atoms with Gasteiger partial charge in [0.1, 0.15) is 0 Å². The molecule has 0 unspecified atom stereocenters. The number of rotatable bonds is 2. The molecule has 1 fully saturated rings. The number of anilines is 1. The highest BCUT2D eigenvalue weighted by Gasteiger charge is 2.16. The summed E-state index contributed by atoms with van der Waals surface area (Å²) in [4.78, 5) is 2.13. The van der Waals surface area contributed by atoms with Crippen LogP contribution in [0.4, 0.5) is 5.69 Å². The largest absolute Gasteiger partial charge is 0.360 e. The molecule has 0 aliphatic carbocycles. The first-order valence-electron chi connectivity index (χ1n) is 4.95. The van der Waals surface area contributed by atoms with Crippen LogP contribution in [0.15, 0.2) is 24.3 Å². The van der Waals surface area contributed by atoms with E-state index in [9.17, 15) is 0 Å². The smallest absolute Gasteiger partial charge is 0.173 e. The second-order valence-corrected chi connectivity index (χ2v) is 3.79. The van der Waals surface area contributed by atoms with Crippen molar-refractivity contribution in [2.24, 2.45) is 0 Å². The predicted molar refractivity (Wildman–Crippen MR) is 63.8 cm³/mol. The van der Waals surface area contributed by atoms with Crippen LogP contribution in [0.5, 0.6) is 0 Å². The summed E-state index contributed by atoms with van der Waals surface area (Å²) < 4.78 is 0. The number of nitrogens with zero attached hydrogens (tertiary/aromatic N) is 1. The summed E-state index contributed by atoms with van der Waals surface area (Å²) in [5.41, 5.74) is 2.56. The van der Waals surface area contributed by atoms with Crippen LogP contribution >= 0.6 is 12.2 Å². The second kappa shape index (κ2) is 3.96. The zero-order valence-corrected chi connectivity index (χ0v) is 9.10. The Morgan fingerprint density at radius 1 is 1.36 bits per heavy atom. The van der Waals surface area contributed by atoms with Crippen molar-refractivity contribution in [3.8, 4) is 0 Å². The van der Waals surface area contributed by atoms with E-state index >= 15 is 0 Å². The monoisotopic (exact) mass is 206 g/mol. The molecule has 1 aromatic carbocycles. The molecule has 0 aromatic heterocycles. The van der Waals surface area contributed by atoms with Gasteiger partial charge in [0, 0.05) is 18.8 Å². The van der Waals surface area contributed by atoms with Crippen LogP contribution in [0, 0.1) is 0 Å². The van der Waals surface area contributed by atoms with Gasteiger partial charge in [-0.1, -0.05) is 19.1 Å². The minimum Gasteiger partial charge on any atom is -0.360 e. The summed E-state index contributed by atoms with van der Waals surface area (Å²) in [6.45, 7) is 4.09. The van der Waals surface area contributed by atoms with Gasteiger partial charge in [0.15, 0.2) is 5.11 Å². The Morgan fingerprint density at radius 2 is 2.07 bits per heavy atom. The molecule has 1 heterocycles. The lowest BCUT2D eigenvalue weighted by Crippen LogP contribution is -2.27. The summed E-state index contributed by atoms with van der Waals surface area (Å²) in [6, 6.07) is 8.60. The first-order valence-corrected chi connectivity index (χ1v) is 5.36. The molecule has 0 spiro atoms. The van der Waals surface area contributed by atoms with Gasteiger partial charge in [-0.05, 0) is 36.3 Å². The number of aryl methyl sites for hydroxylation is 1. The zero-order chi connectivity index (χ0) is 9.97. The maximum atomic E-state index is 5.20. The Balaban J connectivity index is 2.20. The maximum Gasteiger partial charge on any atom is 0.173 e. The van der Waals surface area contributed by atoms with E-state index in [2.05, 4.69) is 41.4 Å². The third kappa shape index (κ3) is 1.73. The number of nitrogens with one attached hydrogen (secondary N) is 1. The molecule has 0 amide bonds. The average Bonchev–Trinajstić information content (AvgIpc) is 2.65. The average molecular weight is 206 g/mol. The van der Waals surface area contributed by atoms with Gasteiger partial charge in [-0.25, -0.2) is 0 Å². The van der Waals surface area contributed by atoms with E-state index in [1.54, 1.807) is 0 Å². The zero-order valence-electron chi connectivity index (χ0n) is 8.29. The molecule has 0 bridgehead atoms. The normalized spacial score (nSPS) is 15.8. The molecule has 0 saturated carbocycles. The van der Waals surface area contributed by atoms with Gasteiger partial charge in [-0.3, -0.25) is 0 Å². The van der Waals surface area contributed by atoms with Crippen LogP contribution in [-0.2, 0) is 6.42 Å². The number of hydrogen-bond donors (Lipinski definition) is 1. The quantitative estimate of drug-likeness (QED) is 0.745. The summed E-state index contributed by atoms with van der Waals surface area (Å²) in [6.07, 6.45) is 1.09. The molecule has 1 aromatic rings. The van der Waals surface area contributed by atoms with E-state index in [1.165, 1.54) is 11.3 Å². The van der Waals surface area contributed by atoms with Crippen LogP contribution in [0.3, 0.4) is 0 Å². The van der Waals surface area contributed by atoms with Gasteiger partial charge in [0.05, 0.1) is 0 Å². The number of benzene rings is 1. The van der Waals surface area contributed by atoms with Gasteiger partial charge in [0.25, 0.3) is 0 Å². The van der Waals surface area contributed by atoms with Gasteiger partial charge >= 0.3 is 0 Å². The number of thiocarbonyl (C=S) groups is 1. The lowest BCUT2D eigenvalue weighted by molar-refractivity contribution is 0.975. The Bertz CT molecular complexity index is 332. The molecule has 14 heavy (non-hydrogen) atoms. The molecule has 74 valence electrons. The topological polar surface area (TPSA) is 15.3 Å². The van der Waals surface area contributed by atoms with Crippen molar-refractivity contribution in [3.05, 3.63) is 29.8 Å². The molecular formula is C11H14N2S. The van der Waals surface area contributed by atoms with Crippen LogP contribution in [-0.4, -0.2) is 18.2 Å². The van der Waals surface area contributed by atoms with E-state index in [0.29, 0.717) is 0 Å². The Morgan fingerprint density at radius 3 is 2.57 bits per heavy atom. The van der Waals surface area contributed by atoms with Gasteiger partial charge in [-0.2, -0.15) is 0 Å². The molecule has 1 aliphatic heterocycles. The first-order chi connectivity index (χ1) is 6.81. The van der Waals surface area contributed by atoms with Crippen molar-refractivity contribution in [1.29, 1.82) is 0 Å². The van der Waals surface area contributed by atoms with Crippen molar-refractivity contribution < 1.29 is 0 Å². The lowest BCUT2D eigenvalue weighted by atomic mass is 10.1. The van der Waals surface area contributed by atoms with Crippen molar-refractivity contribution in [2.45, 2.75) is 13.3 Å². The fraction of sp³-hybridized carbons (Fsp3) is 0.364. The van der Waals surface area contributed by atoms with Crippen LogP contribution < -0.4 is 10.2 Å². The summed E-state index contributed by atoms with van der Waals surface area (Å²) in [7, 11) is 0. The Labute approximate surface area is 89.9 Å². The Hall–Kier alpha value is -1.09. The van der Waals surface area contributed by atoms with Crippen LogP contribution in [0.1, 0.15) is 12.5 Å². The fourth-order valence-electron chi connectivity index (χ4n) is 1.63. The third-order valence-corrected chi connectivity index (χ3v) is 2.88. The van der Waals surface area contributed by atoms with Crippen molar-refractivity contribution in [2.75, 3.05) is 18.0 Å². The summed E-state index contributed by atoms with van der Waals surface area (Å²) >= 11 is 5.20. The van der Waals surface area contributed by atoms with E-state index in [1.807, 2.05) is 0 Å². The lowest BCUT2D eigenvalue weighted by Gasteiger charge is -2.16. The molecule has 2 nitrogen and oxygen atoms in total. The van der Waals surface area contributed by atoms with Gasteiger partial charge in [-0.15, -0.1) is 0 Å². The molecule has 3 heteroatoms. The van der Waals surface area contributed by atoms with Crippen LogP contribution in [0.25, 0.3) is 0 Å². The maximum absolute atomic E-state index is 5.20. The van der Waals surface area contributed by atoms with Gasteiger partial charge < -0.3 is 10.2 Å². The molecule has 1 saturated heterocycles. The second-order valence-electron chi connectivity index (χ2n) is 3.40. The summed E-state index contributed by atoms with van der Waals surface area (Å²) in [5, 5.41) is 4.00. The van der Waals surface area contributed by atoms with Crippen molar-refractivity contribution in [3.63, 3.8) is 0 Å². The molecule has 1 N–H and O–H groups in total. The highest BCUT2D eigenvalue weighted by molar-refractivity contribution is 7.80. The minimum absolute atomic E-state index is 0.842. The number of hydrogen-bond acceptors (Lipinski definition) is 1. The molecular weight excluding hydrogens is 192 g/mol. The molecule has 0 atom stereocenters. The fourth-order valence-corrected chi connectivity index (χ4v) is 1.93. The summed E-state index contributed by atoms with van der Waals surface area (Å²) in [5.74, 6) is 0. The van der Waals surface area contributed by atoms with Crippen molar-refractivity contribution in [1.82, 2.24) is 5.32 Å². The highest BCUT2D eigenvalue weighted by Crippen LogP contribution is 2.17. The highest BCUT2D eigenvalue weighted by atomic mass is 32.1. The Kier molecular flexibility index (Phi) is 2.68. The molecule has 0 radical (unpaired) electrons. The first kappa shape index (κ1) is 9.46. The van der Waals surface area contributed by atoms with E-state index in [4.69, 9.17) is 12.2 Å². The van der Waals surface area contributed by atoms with E-state index in [-0.39, 0.29) is 0 Å². The van der Waals surface area contributed by atoms with Crippen molar-refractivity contribution >= 4 is 23.0 Å². The standard InChI is InChI=1S/C11H14N2S/c1-2-9-3-5-10(6-4-9)13-8-7-12-11(13)14/h3-6H,2,7-8H2,1H3,(H,12,14). The van der Waals surface area contributed by atoms with Gasteiger partial charge in [0.2, 0.25) is 0 Å². The molecule has 2 rings (SSSR count). The molecule has 1 aliphatic rings. The SMILES string of the molecule is CCc1ccc(N2CCNC2=S)cc1. The third-order valence-electron chi connectivity index (χ3n) is 2.51.